The number of rotatable bonds is 11. The van der Waals surface area contributed by atoms with Crippen LogP contribution in [0.25, 0.3) is 0 Å². The van der Waals surface area contributed by atoms with Crippen LogP contribution in [0.4, 0.5) is 0 Å². The molecule has 0 amide bonds. The van der Waals surface area contributed by atoms with Crippen molar-refractivity contribution in [2.24, 2.45) is 16.1 Å². The predicted octanol–water partition coefficient (Wildman–Crippen LogP) is 4.59. The number of carbonyl (C=O) groups is 2. The Morgan fingerprint density at radius 2 is 1.73 bits per heavy atom. The van der Waals surface area contributed by atoms with Crippen molar-refractivity contribution >= 4 is 34.3 Å². The van der Waals surface area contributed by atoms with E-state index in [0.29, 0.717) is 42.4 Å². The number of hydrogen-bond acceptors (Lipinski definition) is 8. The molecule has 0 fully saturated rings. The number of benzene rings is 2. The van der Waals surface area contributed by atoms with Gasteiger partial charge in [-0.15, -0.1) is 16.9 Å². The Labute approximate surface area is 198 Å². The largest absolute Gasteiger partial charge is 0.493 e. The van der Waals surface area contributed by atoms with Gasteiger partial charge in [0.2, 0.25) is 0 Å². The molecular formula is C25H28N2O5S. The van der Waals surface area contributed by atoms with Crippen molar-refractivity contribution in [2.75, 3.05) is 26.1 Å². The van der Waals surface area contributed by atoms with Gasteiger partial charge in [0.25, 0.3) is 0 Å². The van der Waals surface area contributed by atoms with E-state index in [-0.39, 0.29) is 17.7 Å². The van der Waals surface area contributed by atoms with Gasteiger partial charge >= 0.3 is 5.97 Å². The van der Waals surface area contributed by atoms with Crippen LogP contribution in [-0.2, 0) is 16.0 Å². The first kappa shape index (κ1) is 24.5. The Balaban J connectivity index is 1.48. The molecule has 1 aliphatic rings. The lowest BCUT2D eigenvalue weighted by atomic mass is 10.0. The molecule has 174 valence electrons. The van der Waals surface area contributed by atoms with Gasteiger partial charge in [-0.25, -0.2) is 4.79 Å². The topological polar surface area (TPSA) is 86.6 Å². The minimum absolute atomic E-state index is 0.0429. The fourth-order valence-corrected chi connectivity index (χ4v) is 4.37. The molecule has 1 unspecified atom stereocenters. The number of carbonyl (C=O) groups excluding carboxylic acids is 2. The van der Waals surface area contributed by atoms with Crippen LogP contribution < -0.4 is 9.47 Å². The average Bonchev–Trinajstić information content (AvgIpc) is 3.24. The molecule has 0 aromatic heterocycles. The van der Waals surface area contributed by atoms with E-state index >= 15 is 0 Å². The monoisotopic (exact) mass is 468 g/mol. The standard InChI is InChI=1S/C25H28N2O5S/c1-4-20-21(15-32-23-9-7-6-8-22(23)30-3)26-27-24(20)33-16-19(28)14-17-10-12-18(13-11-17)25(29)31-5-2/h6-13,20H,4-5,14-16H2,1-3H3. The lowest BCUT2D eigenvalue weighted by Gasteiger charge is -2.15. The molecule has 0 saturated heterocycles. The molecule has 1 heterocycles. The molecule has 0 bridgehead atoms. The van der Waals surface area contributed by atoms with Crippen LogP contribution in [0, 0.1) is 5.92 Å². The fraction of sp³-hybridized carbons (Fsp3) is 0.360. The van der Waals surface area contributed by atoms with Crippen LogP contribution in [0.2, 0.25) is 0 Å². The van der Waals surface area contributed by atoms with Crippen LogP contribution in [0.1, 0.15) is 36.2 Å². The Bertz CT molecular complexity index is 1030. The molecule has 0 radical (unpaired) electrons. The molecule has 1 aliphatic heterocycles. The zero-order chi connectivity index (χ0) is 23.6. The molecule has 7 nitrogen and oxygen atoms in total. The van der Waals surface area contributed by atoms with Crippen LogP contribution in [0.15, 0.2) is 58.7 Å². The third-order valence-corrected chi connectivity index (χ3v) is 6.21. The molecule has 33 heavy (non-hydrogen) atoms. The van der Waals surface area contributed by atoms with Crippen LogP contribution in [-0.4, -0.2) is 48.6 Å². The lowest BCUT2D eigenvalue weighted by Crippen LogP contribution is -2.24. The Hall–Kier alpha value is -3.13. The van der Waals surface area contributed by atoms with Crippen molar-refractivity contribution in [1.82, 2.24) is 0 Å². The third-order valence-electron chi connectivity index (χ3n) is 5.08. The number of esters is 1. The highest BCUT2D eigenvalue weighted by atomic mass is 32.2. The van der Waals surface area contributed by atoms with Crippen molar-refractivity contribution in [3.8, 4) is 11.5 Å². The maximum Gasteiger partial charge on any atom is 0.338 e. The number of ether oxygens (including phenoxy) is 3. The molecule has 0 spiro atoms. The highest BCUT2D eigenvalue weighted by Crippen LogP contribution is 2.28. The summed E-state index contributed by atoms with van der Waals surface area (Å²) in [5, 5.41) is 9.45. The number of para-hydroxylation sites is 2. The number of nitrogens with zero attached hydrogens (tertiary/aromatic N) is 2. The highest BCUT2D eigenvalue weighted by molar-refractivity contribution is 8.14. The molecule has 8 heteroatoms. The maximum atomic E-state index is 12.5. The van der Waals surface area contributed by atoms with Crippen molar-refractivity contribution in [3.05, 3.63) is 59.7 Å². The van der Waals surface area contributed by atoms with Gasteiger partial charge in [0.15, 0.2) is 11.5 Å². The minimum Gasteiger partial charge on any atom is -0.493 e. The number of thioether (sulfide) groups is 1. The van der Waals surface area contributed by atoms with Crippen molar-refractivity contribution in [1.29, 1.82) is 0 Å². The summed E-state index contributed by atoms with van der Waals surface area (Å²) in [6.07, 6.45) is 1.12. The molecule has 0 saturated carbocycles. The fourth-order valence-electron chi connectivity index (χ4n) is 3.36. The summed E-state index contributed by atoms with van der Waals surface area (Å²) in [4.78, 5) is 24.2. The van der Waals surface area contributed by atoms with Gasteiger partial charge in [0, 0.05) is 6.42 Å². The van der Waals surface area contributed by atoms with Gasteiger partial charge in [0.1, 0.15) is 17.4 Å². The predicted molar refractivity (Wildman–Crippen MR) is 131 cm³/mol. The number of ketones is 1. The van der Waals surface area contributed by atoms with Gasteiger partial charge < -0.3 is 14.2 Å². The molecular weight excluding hydrogens is 440 g/mol. The zero-order valence-electron chi connectivity index (χ0n) is 19.1. The SMILES string of the molecule is CCOC(=O)c1ccc(CC(=O)CSC2=NN=C(COc3ccccc3OC)C2CC)cc1. The van der Waals surface area contributed by atoms with Gasteiger partial charge in [-0.3, -0.25) is 4.79 Å². The van der Waals surface area contributed by atoms with Crippen molar-refractivity contribution in [2.45, 2.75) is 26.7 Å². The van der Waals surface area contributed by atoms with Crippen LogP contribution in [0.5, 0.6) is 11.5 Å². The normalized spacial score (nSPS) is 14.9. The van der Waals surface area contributed by atoms with E-state index in [2.05, 4.69) is 17.1 Å². The third kappa shape index (κ3) is 6.68. The van der Waals surface area contributed by atoms with E-state index < -0.39 is 0 Å². The molecule has 1 atom stereocenters. The maximum absolute atomic E-state index is 12.5. The van der Waals surface area contributed by atoms with Crippen LogP contribution >= 0.6 is 11.8 Å². The number of hydrogen-bond donors (Lipinski definition) is 0. The van der Waals surface area contributed by atoms with Crippen molar-refractivity contribution < 1.29 is 23.8 Å². The molecule has 0 aliphatic carbocycles. The molecule has 2 aromatic rings. The summed E-state index contributed by atoms with van der Waals surface area (Å²) in [7, 11) is 1.60. The highest BCUT2D eigenvalue weighted by Gasteiger charge is 2.27. The van der Waals surface area contributed by atoms with E-state index in [1.165, 1.54) is 11.8 Å². The van der Waals surface area contributed by atoms with E-state index in [9.17, 15) is 9.59 Å². The van der Waals surface area contributed by atoms with Gasteiger partial charge in [-0.1, -0.05) is 31.2 Å². The van der Waals surface area contributed by atoms with E-state index in [1.54, 1.807) is 38.3 Å². The van der Waals surface area contributed by atoms with Gasteiger partial charge in [0.05, 0.1) is 36.7 Å². The van der Waals surface area contributed by atoms with E-state index in [1.807, 2.05) is 24.3 Å². The van der Waals surface area contributed by atoms with Gasteiger partial charge in [-0.2, -0.15) is 5.10 Å². The first-order chi connectivity index (χ1) is 16.0. The lowest BCUT2D eigenvalue weighted by molar-refractivity contribution is -0.115. The van der Waals surface area contributed by atoms with Crippen LogP contribution in [0.3, 0.4) is 0 Å². The quantitative estimate of drug-likeness (QED) is 0.448. The minimum atomic E-state index is -0.360. The Kier molecular flexibility index (Phi) is 9.06. The Morgan fingerprint density at radius 1 is 1.00 bits per heavy atom. The second-order valence-electron chi connectivity index (χ2n) is 7.35. The summed E-state index contributed by atoms with van der Waals surface area (Å²) in [6, 6.07) is 14.4. The smallest absolute Gasteiger partial charge is 0.338 e. The Morgan fingerprint density at radius 3 is 2.39 bits per heavy atom. The number of methoxy groups -OCH3 is 1. The van der Waals surface area contributed by atoms with E-state index in [0.717, 1.165) is 22.7 Å². The average molecular weight is 469 g/mol. The van der Waals surface area contributed by atoms with Gasteiger partial charge in [-0.05, 0) is 43.2 Å². The zero-order valence-corrected chi connectivity index (χ0v) is 19.9. The molecule has 0 N–H and O–H groups in total. The van der Waals surface area contributed by atoms with Crippen molar-refractivity contribution in [3.63, 3.8) is 0 Å². The summed E-state index contributed by atoms with van der Waals surface area (Å²) in [6.45, 7) is 4.48. The molecule has 3 rings (SSSR count). The van der Waals surface area contributed by atoms with E-state index in [4.69, 9.17) is 14.2 Å². The number of Topliss-reactive ketones (excluding diaryl/α,β-unsaturated/α-hetero) is 1. The second-order valence-corrected chi connectivity index (χ2v) is 8.35. The summed E-state index contributed by atoms with van der Waals surface area (Å²) in [5.74, 6) is 1.40. The summed E-state index contributed by atoms with van der Waals surface area (Å²) in [5.41, 5.74) is 2.18. The molecule has 2 aromatic carbocycles. The summed E-state index contributed by atoms with van der Waals surface area (Å²) >= 11 is 1.42. The first-order valence-electron chi connectivity index (χ1n) is 10.9. The second kappa shape index (κ2) is 12.2. The summed E-state index contributed by atoms with van der Waals surface area (Å²) < 4.78 is 16.2. The first-order valence-corrected chi connectivity index (χ1v) is 11.8.